The predicted octanol–water partition coefficient (Wildman–Crippen LogP) is 3.84. The number of ether oxygens (including phenoxy) is 1. The minimum absolute atomic E-state index is 0.148. The summed E-state index contributed by atoms with van der Waals surface area (Å²) in [7, 11) is 0. The number of Topliss-reactive ketones (excluding diaryl/α,β-unsaturated/α-hetero) is 1. The van der Waals surface area contributed by atoms with Crippen molar-refractivity contribution in [1.82, 2.24) is 0 Å². The van der Waals surface area contributed by atoms with Crippen LogP contribution in [0.4, 0.5) is 0 Å². The van der Waals surface area contributed by atoms with Gasteiger partial charge >= 0.3 is 5.97 Å². The minimum atomic E-state index is -0.617. The van der Waals surface area contributed by atoms with Gasteiger partial charge in [0.05, 0.1) is 4.88 Å². The van der Waals surface area contributed by atoms with Crippen molar-refractivity contribution < 1.29 is 18.7 Å². The number of rotatable bonds is 4. The normalized spacial score (nSPS) is 10.7. The molecule has 2 heterocycles. The fraction of sp³-hybridized carbons (Fsp3) is 0.125. The first-order chi connectivity index (χ1) is 10.2. The lowest BCUT2D eigenvalue weighted by atomic mass is 10.1. The number of ketones is 1. The van der Waals surface area contributed by atoms with Gasteiger partial charge in [0, 0.05) is 10.9 Å². The van der Waals surface area contributed by atoms with Gasteiger partial charge in [-0.25, -0.2) is 4.79 Å². The molecule has 0 unspecified atom stereocenters. The van der Waals surface area contributed by atoms with Gasteiger partial charge in [0.2, 0.25) is 11.5 Å². The molecule has 4 nitrogen and oxygen atoms in total. The number of fused-ring (bicyclic) bond motifs is 1. The highest BCUT2D eigenvalue weighted by Crippen LogP contribution is 2.25. The first-order valence-corrected chi connectivity index (χ1v) is 7.27. The molecule has 3 aromatic rings. The largest absolute Gasteiger partial charge is 0.451 e. The molecule has 0 aliphatic carbocycles. The molecular weight excluding hydrogens is 288 g/mol. The molecule has 0 saturated heterocycles. The van der Waals surface area contributed by atoms with Gasteiger partial charge < -0.3 is 9.15 Å². The van der Waals surface area contributed by atoms with Gasteiger partial charge in [0.1, 0.15) is 5.58 Å². The van der Waals surface area contributed by atoms with Crippen molar-refractivity contribution in [3.63, 3.8) is 0 Å². The second-order valence-corrected chi connectivity index (χ2v) is 5.48. The number of furan rings is 1. The number of thiophene rings is 1. The first-order valence-electron chi connectivity index (χ1n) is 6.39. The molecule has 0 atom stereocenters. The molecule has 1 aromatic carbocycles. The van der Waals surface area contributed by atoms with Gasteiger partial charge in [-0.15, -0.1) is 11.3 Å². The molecule has 106 valence electrons. The van der Waals surface area contributed by atoms with Crippen LogP contribution in [0.15, 0.2) is 46.2 Å². The summed E-state index contributed by atoms with van der Waals surface area (Å²) in [6.45, 7) is 1.51. The summed E-state index contributed by atoms with van der Waals surface area (Å²) in [4.78, 5) is 24.4. The van der Waals surface area contributed by atoms with E-state index in [9.17, 15) is 9.59 Å². The summed E-state index contributed by atoms with van der Waals surface area (Å²) < 4.78 is 10.5. The van der Waals surface area contributed by atoms with Gasteiger partial charge in [-0.2, -0.15) is 0 Å². The summed E-state index contributed by atoms with van der Waals surface area (Å²) >= 11 is 1.32. The second kappa shape index (κ2) is 5.54. The Bertz CT molecular complexity index is 799. The number of carbonyl (C=O) groups is 2. The van der Waals surface area contributed by atoms with E-state index in [0.717, 1.165) is 10.9 Å². The molecule has 0 aliphatic rings. The number of para-hydroxylation sites is 1. The minimum Gasteiger partial charge on any atom is -0.451 e. The molecular formula is C16H12O4S. The summed E-state index contributed by atoms with van der Waals surface area (Å²) in [5.74, 6) is -0.684. The van der Waals surface area contributed by atoms with Crippen molar-refractivity contribution in [1.29, 1.82) is 0 Å². The number of carbonyl (C=O) groups excluding carboxylic acids is 2. The zero-order valence-corrected chi connectivity index (χ0v) is 12.1. The molecule has 0 radical (unpaired) electrons. The summed E-state index contributed by atoms with van der Waals surface area (Å²) in [5.41, 5.74) is 1.35. The van der Waals surface area contributed by atoms with Gasteiger partial charge in [0.15, 0.2) is 6.61 Å². The monoisotopic (exact) mass is 300 g/mol. The lowest BCUT2D eigenvalue weighted by Gasteiger charge is -2.01. The third kappa shape index (κ3) is 2.60. The Morgan fingerprint density at radius 3 is 2.71 bits per heavy atom. The lowest BCUT2D eigenvalue weighted by Crippen LogP contribution is -2.13. The lowest BCUT2D eigenvalue weighted by molar-refractivity contribution is 0.0446. The highest BCUT2D eigenvalue weighted by Gasteiger charge is 2.20. The topological polar surface area (TPSA) is 56.5 Å². The number of aryl methyl sites for hydroxylation is 1. The maximum atomic E-state index is 12.0. The predicted molar refractivity (Wildman–Crippen MR) is 79.9 cm³/mol. The maximum absolute atomic E-state index is 12.0. The van der Waals surface area contributed by atoms with Crippen LogP contribution >= 0.6 is 11.3 Å². The molecule has 0 spiro atoms. The van der Waals surface area contributed by atoms with Crippen LogP contribution in [0.5, 0.6) is 0 Å². The number of esters is 1. The van der Waals surface area contributed by atoms with Crippen molar-refractivity contribution in [2.45, 2.75) is 6.92 Å². The van der Waals surface area contributed by atoms with Crippen LogP contribution in [-0.4, -0.2) is 18.4 Å². The van der Waals surface area contributed by atoms with Crippen LogP contribution in [-0.2, 0) is 4.74 Å². The van der Waals surface area contributed by atoms with Gasteiger partial charge in [-0.05, 0) is 24.4 Å². The first kappa shape index (κ1) is 13.6. The summed E-state index contributed by atoms with van der Waals surface area (Å²) in [5, 5.41) is 2.67. The van der Waals surface area contributed by atoms with E-state index in [1.807, 2.05) is 18.2 Å². The Hall–Kier alpha value is -2.40. The van der Waals surface area contributed by atoms with Crippen LogP contribution < -0.4 is 0 Å². The SMILES string of the molecule is Cc1c(C(=O)OCC(=O)c2cccs2)oc2ccccc12. The molecule has 0 fully saturated rings. The van der Waals surface area contributed by atoms with E-state index >= 15 is 0 Å². The van der Waals surface area contributed by atoms with E-state index in [1.165, 1.54) is 11.3 Å². The van der Waals surface area contributed by atoms with Crippen LogP contribution in [0, 0.1) is 6.92 Å². The molecule has 0 bridgehead atoms. The van der Waals surface area contributed by atoms with E-state index < -0.39 is 5.97 Å². The summed E-state index contributed by atoms with van der Waals surface area (Å²) in [6.07, 6.45) is 0. The van der Waals surface area contributed by atoms with E-state index in [0.29, 0.717) is 10.5 Å². The average Bonchev–Trinajstić information content (AvgIpc) is 3.13. The zero-order valence-electron chi connectivity index (χ0n) is 11.3. The number of hydrogen-bond donors (Lipinski definition) is 0. The van der Waals surface area contributed by atoms with Crippen molar-refractivity contribution in [2.75, 3.05) is 6.61 Å². The Balaban J connectivity index is 1.75. The van der Waals surface area contributed by atoms with Gasteiger partial charge in [-0.3, -0.25) is 4.79 Å². The van der Waals surface area contributed by atoms with Crippen molar-refractivity contribution in [3.05, 3.63) is 58.0 Å². The number of hydrogen-bond acceptors (Lipinski definition) is 5. The highest BCUT2D eigenvalue weighted by molar-refractivity contribution is 7.12. The maximum Gasteiger partial charge on any atom is 0.375 e. The van der Waals surface area contributed by atoms with E-state index in [4.69, 9.17) is 9.15 Å². The van der Waals surface area contributed by atoms with Crippen molar-refractivity contribution >= 4 is 34.1 Å². The molecule has 3 rings (SSSR count). The molecule has 0 amide bonds. The molecule has 0 N–H and O–H groups in total. The highest BCUT2D eigenvalue weighted by atomic mass is 32.1. The Kier molecular flexibility index (Phi) is 3.58. The van der Waals surface area contributed by atoms with E-state index in [-0.39, 0.29) is 18.2 Å². The molecule has 0 aliphatic heterocycles. The number of benzene rings is 1. The Morgan fingerprint density at radius 2 is 2.00 bits per heavy atom. The Morgan fingerprint density at radius 1 is 1.19 bits per heavy atom. The fourth-order valence-electron chi connectivity index (χ4n) is 2.07. The van der Waals surface area contributed by atoms with Gasteiger partial charge in [-0.1, -0.05) is 24.3 Å². The summed E-state index contributed by atoms with van der Waals surface area (Å²) in [6, 6.07) is 10.9. The molecule has 21 heavy (non-hydrogen) atoms. The van der Waals surface area contributed by atoms with Crippen LogP contribution in [0.2, 0.25) is 0 Å². The standard InChI is InChI=1S/C16H12O4S/c1-10-11-5-2-3-6-13(11)20-15(10)16(18)19-9-12(17)14-7-4-8-21-14/h2-8H,9H2,1H3. The quantitative estimate of drug-likeness (QED) is 0.542. The zero-order chi connectivity index (χ0) is 14.8. The third-order valence-electron chi connectivity index (χ3n) is 3.16. The average molecular weight is 300 g/mol. The fourth-order valence-corrected chi connectivity index (χ4v) is 2.73. The second-order valence-electron chi connectivity index (χ2n) is 4.53. The third-order valence-corrected chi connectivity index (χ3v) is 4.07. The van der Waals surface area contributed by atoms with Crippen LogP contribution in [0.25, 0.3) is 11.0 Å². The van der Waals surface area contributed by atoms with Gasteiger partial charge in [0.25, 0.3) is 0 Å². The van der Waals surface area contributed by atoms with Crippen molar-refractivity contribution in [2.24, 2.45) is 0 Å². The Labute approximate surface area is 125 Å². The molecule has 0 saturated carbocycles. The van der Waals surface area contributed by atoms with Crippen LogP contribution in [0.1, 0.15) is 25.8 Å². The van der Waals surface area contributed by atoms with Crippen molar-refractivity contribution in [3.8, 4) is 0 Å². The van der Waals surface area contributed by atoms with E-state index in [2.05, 4.69) is 0 Å². The molecule has 5 heteroatoms. The van der Waals surface area contributed by atoms with Crippen LogP contribution in [0.3, 0.4) is 0 Å². The van der Waals surface area contributed by atoms with E-state index in [1.54, 1.807) is 30.5 Å². The molecule has 2 aromatic heterocycles. The smallest absolute Gasteiger partial charge is 0.375 e.